The van der Waals surface area contributed by atoms with Gasteiger partial charge in [-0.3, -0.25) is 9.59 Å². The average Bonchev–Trinajstić information content (AvgIpc) is 2.46. The lowest BCUT2D eigenvalue weighted by Crippen LogP contribution is -2.31. The smallest absolute Gasteiger partial charge is 0.260 e. The minimum Gasteiger partial charge on any atom is -0.345 e. The number of carbonyl (C=O) groups excluding carboxylic acids is 1. The van der Waals surface area contributed by atoms with Crippen LogP contribution < -0.4 is 10.9 Å². The summed E-state index contributed by atoms with van der Waals surface area (Å²) in [6.07, 6.45) is 1.14. The number of amides is 1. The van der Waals surface area contributed by atoms with Gasteiger partial charge in [-0.05, 0) is 43.7 Å². The lowest BCUT2D eigenvalue weighted by molar-refractivity contribution is 0.0938. The minimum atomic E-state index is -3.25. The van der Waals surface area contributed by atoms with Gasteiger partial charge in [-0.1, -0.05) is 12.1 Å². The molecule has 0 saturated heterocycles. The third-order valence-electron chi connectivity index (χ3n) is 3.46. The van der Waals surface area contributed by atoms with Gasteiger partial charge < -0.3 is 10.3 Å². The maximum Gasteiger partial charge on any atom is 0.260 e. The van der Waals surface area contributed by atoms with E-state index >= 15 is 0 Å². The number of aromatic amines is 1. The van der Waals surface area contributed by atoms with Crippen molar-refractivity contribution in [3.63, 3.8) is 0 Å². The summed E-state index contributed by atoms with van der Waals surface area (Å²) in [5, 5.41) is 2.72. The Balaban J connectivity index is 2.16. The normalized spacial score (nSPS) is 12.7. The van der Waals surface area contributed by atoms with Crippen molar-refractivity contribution in [1.29, 1.82) is 0 Å². The number of aryl methyl sites for hydroxylation is 1. The number of nitrogens with one attached hydrogen (secondary N) is 2. The lowest BCUT2D eigenvalue weighted by atomic mass is 10.1. The standard InChI is InChI=1S/C16H18N2O4S/c1-10-4-9-14(15(19)17-10)16(20)18-11(2)12-5-7-13(8-6-12)23(3,21)22/h4-9,11H,1-3H3,(H,17,19)(H,18,20)/t11-/m0/s1. The summed E-state index contributed by atoms with van der Waals surface area (Å²) in [6, 6.07) is 9.03. The Labute approximate surface area is 134 Å². The van der Waals surface area contributed by atoms with Gasteiger partial charge in [0, 0.05) is 11.9 Å². The molecule has 0 spiro atoms. The number of aromatic nitrogens is 1. The van der Waals surface area contributed by atoms with Gasteiger partial charge in [0.15, 0.2) is 9.84 Å². The van der Waals surface area contributed by atoms with Crippen LogP contribution in [0.15, 0.2) is 46.1 Å². The Morgan fingerprint density at radius 2 is 1.74 bits per heavy atom. The monoisotopic (exact) mass is 334 g/mol. The Kier molecular flexibility index (Phi) is 4.70. The first-order chi connectivity index (χ1) is 10.7. The second kappa shape index (κ2) is 6.37. The van der Waals surface area contributed by atoms with E-state index in [4.69, 9.17) is 0 Å². The SMILES string of the molecule is Cc1ccc(C(=O)N[C@@H](C)c2ccc(S(C)(=O)=O)cc2)c(=O)[nH]1. The van der Waals surface area contributed by atoms with E-state index < -0.39 is 21.3 Å². The predicted octanol–water partition coefficient (Wildman–Crippen LogP) is 1.58. The highest BCUT2D eigenvalue weighted by molar-refractivity contribution is 7.90. The van der Waals surface area contributed by atoms with Crippen LogP contribution in [0.1, 0.15) is 34.6 Å². The first-order valence-corrected chi connectivity index (χ1v) is 8.88. The highest BCUT2D eigenvalue weighted by atomic mass is 32.2. The maximum absolute atomic E-state index is 12.2. The lowest BCUT2D eigenvalue weighted by Gasteiger charge is -2.14. The molecule has 23 heavy (non-hydrogen) atoms. The van der Waals surface area contributed by atoms with Crippen LogP contribution in [-0.4, -0.2) is 25.6 Å². The van der Waals surface area contributed by atoms with Crippen molar-refractivity contribution in [2.45, 2.75) is 24.8 Å². The number of benzene rings is 1. The van der Waals surface area contributed by atoms with Gasteiger partial charge in [-0.15, -0.1) is 0 Å². The molecule has 122 valence electrons. The summed E-state index contributed by atoms with van der Waals surface area (Å²) in [7, 11) is -3.25. The van der Waals surface area contributed by atoms with Gasteiger partial charge in [0.05, 0.1) is 10.9 Å². The van der Waals surface area contributed by atoms with Crippen LogP contribution in [0.25, 0.3) is 0 Å². The van der Waals surface area contributed by atoms with Gasteiger partial charge in [0.2, 0.25) is 0 Å². The molecule has 2 rings (SSSR count). The second-order valence-corrected chi connectivity index (χ2v) is 7.44. The molecule has 0 fully saturated rings. The Morgan fingerprint density at radius 3 is 2.26 bits per heavy atom. The van der Waals surface area contributed by atoms with Crippen LogP contribution in [-0.2, 0) is 9.84 Å². The van der Waals surface area contributed by atoms with Crippen LogP contribution >= 0.6 is 0 Å². The average molecular weight is 334 g/mol. The van der Waals surface area contributed by atoms with Crippen LogP contribution in [0.4, 0.5) is 0 Å². The van der Waals surface area contributed by atoms with E-state index in [0.717, 1.165) is 11.8 Å². The molecule has 1 heterocycles. The Morgan fingerprint density at radius 1 is 1.13 bits per heavy atom. The van der Waals surface area contributed by atoms with E-state index in [9.17, 15) is 18.0 Å². The molecular formula is C16H18N2O4S. The predicted molar refractivity (Wildman–Crippen MR) is 87.2 cm³/mol. The van der Waals surface area contributed by atoms with Gasteiger partial charge in [0.1, 0.15) is 5.56 Å². The first-order valence-electron chi connectivity index (χ1n) is 6.99. The number of sulfone groups is 1. The number of H-pyrrole nitrogens is 1. The minimum absolute atomic E-state index is 0.0372. The third kappa shape index (κ3) is 4.07. The molecule has 0 radical (unpaired) electrons. The van der Waals surface area contributed by atoms with Gasteiger partial charge >= 0.3 is 0 Å². The van der Waals surface area contributed by atoms with Crippen molar-refractivity contribution in [2.24, 2.45) is 0 Å². The Bertz CT molecular complexity index is 883. The quantitative estimate of drug-likeness (QED) is 0.887. The highest BCUT2D eigenvalue weighted by Crippen LogP contribution is 2.16. The van der Waals surface area contributed by atoms with E-state index in [1.807, 2.05) is 0 Å². The molecular weight excluding hydrogens is 316 g/mol. The Hall–Kier alpha value is -2.41. The summed E-state index contributed by atoms with van der Waals surface area (Å²) < 4.78 is 22.9. The molecule has 7 heteroatoms. The molecule has 6 nitrogen and oxygen atoms in total. The summed E-state index contributed by atoms with van der Waals surface area (Å²) >= 11 is 0. The molecule has 0 saturated carbocycles. The van der Waals surface area contributed by atoms with Crippen molar-refractivity contribution < 1.29 is 13.2 Å². The molecule has 0 unspecified atom stereocenters. The number of hydrogen-bond donors (Lipinski definition) is 2. The topological polar surface area (TPSA) is 96.1 Å². The number of rotatable bonds is 4. The highest BCUT2D eigenvalue weighted by Gasteiger charge is 2.15. The summed E-state index contributed by atoms with van der Waals surface area (Å²) in [5.74, 6) is -0.481. The fourth-order valence-corrected chi connectivity index (χ4v) is 2.74. The number of hydrogen-bond acceptors (Lipinski definition) is 4. The molecule has 1 amide bonds. The van der Waals surface area contributed by atoms with Crippen molar-refractivity contribution in [3.8, 4) is 0 Å². The van der Waals surface area contributed by atoms with Gasteiger partial charge in [0.25, 0.3) is 11.5 Å². The van der Waals surface area contributed by atoms with Crippen LogP contribution in [0.2, 0.25) is 0 Å². The van der Waals surface area contributed by atoms with Crippen LogP contribution in [0, 0.1) is 6.92 Å². The largest absolute Gasteiger partial charge is 0.345 e. The van der Waals surface area contributed by atoms with E-state index in [2.05, 4.69) is 10.3 Å². The van der Waals surface area contributed by atoms with Crippen molar-refractivity contribution in [2.75, 3.05) is 6.26 Å². The van der Waals surface area contributed by atoms with Crippen molar-refractivity contribution in [1.82, 2.24) is 10.3 Å². The fourth-order valence-electron chi connectivity index (χ4n) is 2.11. The van der Waals surface area contributed by atoms with E-state index in [1.165, 1.54) is 18.2 Å². The van der Waals surface area contributed by atoms with Crippen molar-refractivity contribution in [3.05, 3.63) is 63.6 Å². The molecule has 1 atom stereocenters. The summed E-state index contributed by atoms with van der Waals surface area (Å²) in [6.45, 7) is 3.49. The maximum atomic E-state index is 12.2. The fraction of sp³-hybridized carbons (Fsp3) is 0.250. The zero-order valence-electron chi connectivity index (χ0n) is 13.1. The molecule has 2 N–H and O–H groups in total. The van der Waals surface area contributed by atoms with E-state index in [0.29, 0.717) is 5.69 Å². The van der Waals surface area contributed by atoms with Gasteiger partial charge in [-0.2, -0.15) is 0 Å². The van der Waals surface area contributed by atoms with E-state index in [1.54, 1.807) is 32.0 Å². The zero-order chi connectivity index (χ0) is 17.2. The number of pyridine rings is 1. The zero-order valence-corrected chi connectivity index (χ0v) is 13.9. The van der Waals surface area contributed by atoms with Crippen LogP contribution in [0.5, 0.6) is 0 Å². The van der Waals surface area contributed by atoms with Crippen LogP contribution in [0.3, 0.4) is 0 Å². The second-order valence-electron chi connectivity index (χ2n) is 5.42. The van der Waals surface area contributed by atoms with Gasteiger partial charge in [-0.25, -0.2) is 8.42 Å². The van der Waals surface area contributed by atoms with E-state index in [-0.39, 0.29) is 16.5 Å². The molecule has 1 aromatic heterocycles. The van der Waals surface area contributed by atoms with Crippen molar-refractivity contribution >= 4 is 15.7 Å². The number of carbonyl (C=O) groups is 1. The molecule has 2 aromatic rings. The summed E-state index contributed by atoms with van der Waals surface area (Å²) in [5.41, 5.74) is 1.02. The molecule has 0 aliphatic carbocycles. The first kappa shape index (κ1) is 17.0. The molecule has 0 aliphatic rings. The summed E-state index contributed by atoms with van der Waals surface area (Å²) in [4.78, 5) is 26.7. The molecule has 1 aromatic carbocycles. The third-order valence-corrected chi connectivity index (χ3v) is 4.58. The molecule has 0 aliphatic heterocycles. The molecule has 0 bridgehead atoms.